The third kappa shape index (κ3) is 2.18. The van der Waals surface area contributed by atoms with Crippen LogP contribution in [0.5, 0.6) is 0 Å². The van der Waals surface area contributed by atoms with E-state index >= 15 is 0 Å². The molecule has 2 aromatic rings. The van der Waals surface area contributed by atoms with E-state index in [4.69, 9.17) is 0 Å². The van der Waals surface area contributed by atoms with Crippen molar-refractivity contribution in [2.45, 2.75) is 43.8 Å². The van der Waals surface area contributed by atoms with Gasteiger partial charge in [0.15, 0.2) is 0 Å². The molecule has 2 fully saturated rings. The van der Waals surface area contributed by atoms with E-state index in [0.717, 1.165) is 25.7 Å². The van der Waals surface area contributed by atoms with Gasteiger partial charge in [0, 0.05) is 40.7 Å². The minimum Gasteiger partial charge on any atom is -0.300 e. The smallest absolute Gasteiger partial charge is 0.277 e. The Morgan fingerprint density at radius 2 is 1.59 bits per heavy atom. The number of imide groups is 1. The van der Waals surface area contributed by atoms with Gasteiger partial charge in [-0.15, -0.1) is 0 Å². The van der Waals surface area contributed by atoms with E-state index < -0.39 is 4.92 Å². The summed E-state index contributed by atoms with van der Waals surface area (Å²) in [5, 5.41) is 12.1. The first-order valence-electron chi connectivity index (χ1n) is 9.27. The fourth-order valence-electron chi connectivity index (χ4n) is 5.18. The maximum Gasteiger partial charge on any atom is 0.277 e. The molecule has 7 heteroatoms. The van der Waals surface area contributed by atoms with Crippen LogP contribution in [-0.4, -0.2) is 51.7 Å². The highest BCUT2D eigenvalue weighted by Crippen LogP contribution is 2.40. The number of nitro benzene ring substituents is 1. The molecule has 0 N–H and O–H groups in total. The number of carbonyl (C=O) groups is 2. The van der Waals surface area contributed by atoms with E-state index in [1.165, 1.54) is 17.0 Å². The number of nitrogens with zero attached hydrogens (tertiary/aromatic N) is 3. The van der Waals surface area contributed by atoms with Crippen molar-refractivity contribution >= 4 is 28.3 Å². The molecule has 3 aliphatic heterocycles. The average Bonchev–Trinajstić information content (AvgIpc) is 2.86. The van der Waals surface area contributed by atoms with Crippen LogP contribution in [0.15, 0.2) is 30.3 Å². The first-order chi connectivity index (χ1) is 13.0. The summed E-state index contributed by atoms with van der Waals surface area (Å²) in [6.07, 6.45) is 3.80. The largest absolute Gasteiger partial charge is 0.300 e. The van der Waals surface area contributed by atoms with Crippen LogP contribution in [0, 0.1) is 10.1 Å². The minimum absolute atomic E-state index is 0.0815. The molecule has 27 heavy (non-hydrogen) atoms. The lowest BCUT2D eigenvalue weighted by atomic mass is 9.89. The van der Waals surface area contributed by atoms with E-state index in [2.05, 4.69) is 11.9 Å². The highest BCUT2D eigenvalue weighted by Gasteiger charge is 2.45. The zero-order valence-corrected chi connectivity index (χ0v) is 14.9. The van der Waals surface area contributed by atoms with Crippen molar-refractivity contribution in [3.63, 3.8) is 0 Å². The third-order valence-corrected chi connectivity index (χ3v) is 6.55. The molecule has 5 rings (SSSR count). The second-order valence-electron chi connectivity index (χ2n) is 7.77. The number of rotatable bonds is 2. The Kier molecular flexibility index (Phi) is 3.40. The standard InChI is InChI=1S/C20H19N3O4/c1-21-11-5-6-12(21)10-13(9-11)22-19(24)15-4-2-3-14-17(23(26)27)8-7-16(18(14)15)20(22)25/h2-4,7-8,11-13H,5-6,9-10H2,1H3/t11-,12+,13+. The van der Waals surface area contributed by atoms with Crippen molar-refractivity contribution in [1.82, 2.24) is 9.80 Å². The van der Waals surface area contributed by atoms with Gasteiger partial charge in [-0.3, -0.25) is 24.6 Å². The van der Waals surface area contributed by atoms with Gasteiger partial charge in [0.2, 0.25) is 0 Å². The SMILES string of the molecule is CN1[C@@H]2CC[C@H]1C[C@@H](N1C(=O)c3cccc4c([N+](=O)[O-])ccc(c34)C1=O)C2. The van der Waals surface area contributed by atoms with Gasteiger partial charge in [-0.2, -0.15) is 0 Å². The second kappa shape index (κ2) is 5.60. The Labute approximate surface area is 155 Å². The van der Waals surface area contributed by atoms with Gasteiger partial charge >= 0.3 is 0 Å². The summed E-state index contributed by atoms with van der Waals surface area (Å²) in [6.45, 7) is 0. The Morgan fingerprint density at radius 3 is 2.22 bits per heavy atom. The van der Waals surface area contributed by atoms with Crippen molar-refractivity contribution in [3.8, 4) is 0 Å². The molecule has 0 aromatic heterocycles. The van der Waals surface area contributed by atoms with Crippen molar-refractivity contribution in [3.05, 3.63) is 51.6 Å². The number of non-ortho nitro benzene ring substituents is 1. The molecule has 3 aliphatic rings. The highest BCUT2D eigenvalue weighted by molar-refractivity contribution is 6.26. The predicted molar refractivity (Wildman–Crippen MR) is 98.7 cm³/mol. The summed E-state index contributed by atoms with van der Waals surface area (Å²) >= 11 is 0. The molecule has 0 unspecified atom stereocenters. The third-order valence-electron chi connectivity index (χ3n) is 6.55. The predicted octanol–water partition coefficient (Wildman–Crippen LogP) is 2.97. The Bertz CT molecular complexity index is 981. The molecule has 3 atom stereocenters. The van der Waals surface area contributed by atoms with Gasteiger partial charge in [-0.25, -0.2) is 0 Å². The fraction of sp³-hybridized carbons (Fsp3) is 0.400. The second-order valence-corrected chi connectivity index (χ2v) is 7.77. The van der Waals surface area contributed by atoms with Gasteiger partial charge in [0.1, 0.15) is 0 Å². The van der Waals surface area contributed by atoms with Crippen LogP contribution in [0.3, 0.4) is 0 Å². The van der Waals surface area contributed by atoms with Crippen LogP contribution < -0.4 is 0 Å². The summed E-state index contributed by atoms with van der Waals surface area (Å²) in [4.78, 5) is 41.1. The van der Waals surface area contributed by atoms with Crippen molar-refractivity contribution < 1.29 is 14.5 Å². The van der Waals surface area contributed by atoms with Crippen LogP contribution >= 0.6 is 0 Å². The van der Waals surface area contributed by atoms with Crippen LogP contribution in [0.4, 0.5) is 5.69 Å². The summed E-state index contributed by atoms with van der Waals surface area (Å²) in [7, 11) is 2.12. The molecule has 2 saturated heterocycles. The van der Waals surface area contributed by atoms with Crippen LogP contribution in [-0.2, 0) is 0 Å². The number of carbonyl (C=O) groups excluding carboxylic acids is 2. The average molecular weight is 365 g/mol. The minimum atomic E-state index is -0.473. The quantitative estimate of drug-likeness (QED) is 0.464. The summed E-state index contributed by atoms with van der Waals surface area (Å²) < 4.78 is 0. The lowest BCUT2D eigenvalue weighted by molar-refractivity contribution is -0.383. The molecule has 0 radical (unpaired) electrons. The van der Waals surface area contributed by atoms with Gasteiger partial charge in [-0.1, -0.05) is 6.07 Å². The Balaban J connectivity index is 1.62. The van der Waals surface area contributed by atoms with Gasteiger partial charge < -0.3 is 4.90 Å². The topological polar surface area (TPSA) is 83.8 Å². The van der Waals surface area contributed by atoms with Crippen molar-refractivity contribution in [2.75, 3.05) is 7.05 Å². The monoisotopic (exact) mass is 365 g/mol. The van der Waals surface area contributed by atoms with E-state index in [1.807, 2.05) is 0 Å². The number of fused-ring (bicyclic) bond motifs is 2. The molecule has 2 amide bonds. The summed E-state index contributed by atoms with van der Waals surface area (Å²) in [6, 6.07) is 8.48. The molecule has 0 saturated carbocycles. The number of hydrogen-bond acceptors (Lipinski definition) is 5. The van der Waals surface area contributed by atoms with Crippen LogP contribution in [0.1, 0.15) is 46.4 Å². The summed E-state index contributed by atoms with van der Waals surface area (Å²) in [5.74, 6) is -0.653. The first kappa shape index (κ1) is 16.4. The van der Waals surface area contributed by atoms with Crippen LogP contribution in [0.2, 0.25) is 0 Å². The van der Waals surface area contributed by atoms with E-state index in [9.17, 15) is 19.7 Å². The number of nitro groups is 1. The zero-order chi connectivity index (χ0) is 18.9. The van der Waals surface area contributed by atoms with Crippen molar-refractivity contribution in [1.29, 1.82) is 0 Å². The zero-order valence-electron chi connectivity index (χ0n) is 14.9. The number of hydrogen-bond donors (Lipinski definition) is 0. The van der Waals surface area contributed by atoms with Gasteiger partial charge in [-0.05, 0) is 50.9 Å². The first-order valence-corrected chi connectivity index (χ1v) is 9.27. The van der Waals surface area contributed by atoms with Crippen LogP contribution in [0.25, 0.3) is 10.8 Å². The maximum absolute atomic E-state index is 13.2. The number of amides is 2. The lowest BCUT2D eigenvalue weighted by Crippen LogP contribution is -2.54. The van der Waals surface area contributed by atoms with E-state index in [0.29, 0.717) is 34.0 Å². The highest BCUT2D eigenvalue weighted by atomic mass is 16.6. The molecule has 0 aliphatic carbocycles. The number of benzene rings is 2. The van der Waals surface area contributed by atoms with E-state index in [-0.39, 0.29) is 23.5 Å². The summed E-state index contributed by atoms with van der Waals surface area (Å²) in [5.41, 5.74) is 0.691. The van der Waals surface area contributed by atoms with E-state index in [1.54, 1.807) is 18.2 Å². The lowest BCUT2D eigenvalue weighted by Gasteiger charge is -2.42. The molecular formula is C20H19N3O4. The molecule has 2 bridgehead atoms. The molecule has 138 valence electrons. The van der Waals surface area contributed by atoms with Crippen molar-refractivity contribution in [2.24, 2.45) is 0 Å². The van der Waals surface area contributed by atoms with Gasteiger partial charge in [0.05, 0.1) is 10.3 Å². The molecule has 3 heterocycles. The van der Waals surface area contributed by atoms with Gasteiger partial charge in [0.25, 0.3) is 17.5 Å². The molecule has 2 aromatic carbocycles. The Morgan fingerprint density at radius 1 is 0.963 bits per heavy atom. The maximum atomic E-state index is 13.2. The molecule has 7 nitrogen and oxygen atoms in total. The molecule has 0 spiro atoms. The fourth-order valence-corrected chi connectivity index (χ4v) is 5.18. The number of piperidine rings is 1. The Hall–Kier alpha value is -2.80. The normalized spacial score (nSPS) is 27.4. The molecular weight excluding hydrogens is 346 g/mol.